The van der Waals surface area contributed by atoms with E-state index in [1.54, 1.807) is 19.1 Å². The molecule has 0 bridgehead atoms. The Labute approximate surface area is 121 Å². The maximum atomic E-state index is 13.6. The van der Waals surface area contributed by atoms with Gasteiger partial charge in [-0.05, 0) is 25.1 Å². The third-order valence-corrected chi connectivity index (χ3v) is 3.25. The number of hydrogen-bond acceptors (Lipinski definition) is 2. The van der Waals surface area contributed by atoms with Gasteiger partial charge in [-0.15, -0.1) is 0 Å². The molecule has 0 radical (unpaired) electrons. The molecule has 0 fully saturated rings. The molecule has 0 aliphatic heterocycles. The first-order valence-corrected chi connectivity index (χ1v) is 6.47. The van der Waals surface area contributed by atoms with E-state index in [-0.39, 0.29) is 23.2 Å². The van der Waals surface area contributed by atoms with Crippen molar-refractivity contribution < 1.29 is 13.5 Å². The fraction of sp³-hybridized carbons (Fsp3) is 0.200. The van der Waals surface area contributed by atoms with Crippen molar-refractivity contribution in [3.05, 3.63) is 64.2 Å². The van der Waals surface area contributed by atoms with E-state index in [9.17, 15) is 8.78 Å². The van der Waals surface area contributed by atoms with E-state index in [2.05, 4.69) is 0 Å². The molecular formula is C15H14ClF2NO. The monoisotopic (exact) mass is 297 g/mol. The third kappa shape index (κ3) is 3.26. The Kier molecular flexibility index (Phi) is 4.57. The van der Waals surface area contributed by atoms with Crippen LogP contribution in [0.25, 0.3) is 0 Å². The summed E-state index contributed by atoms with van der Waals surface area (Å²) in [7, 11) is 0. The first-order valence-electron chi connectivity index (χ1n) is 6.09. The summed E-state index contributed by atoms with van der Waals surface area (Å²) < 4.78 is 32.4. The zero-order valence-corrected chi connectivity index (χ0v) is 11.6. The highest BCUT2D eigenvalue weighted by molar-refractivity contribution is 6.31. The molecular weight excluding hydrogens is 284 g/mol. The third-order valence-electron chi connectivity index (χ3n) is 2.90. The second kappa shape index (κ2) is 6.20. The highest BCUT2D eigenvalue weighted by Crippen LogP contribution is 2.27. The Morgan fingerprint density at radius 3 is 2.65 bits per heavy atom. The molecule has 0 heterocycles. The van der Waals surface area contributed by atoms with Crippen molar-refractivity contribution in [2.75, 3.05) is 0 Å². The molecule has 0 unspecified atom stereocenters. The lowest BCUT2D eigenvalue weighted by molar-refractivity contribution is 0.294. The minimum absolute atomic E-state index is 0.0886. The van der Waals surface area contributed by atoms with Crippen LogP contribution in [0.1, 0.15) is 24.1 Å². The summed E-state index contributed by atoms with van der Waals surface area (Å²) >= 11 is 5.91. The molecule has 106 valence electrons. The van der Waals surface area contributed by atoms with Gasteiger partial charge in [0, 0.05) is 23.2 Å². The zero-order chi connectivity index (χ0) is 14.7. The van der Waals surface area contributed by atoms with Crippen LogP contribution in [0.2, 0.25) is 5.02 Å². The summed E-state index contributed by atoms with van der Waals surface area (Å²) in [5, 5.41) is 0.267. The fourth-order valence-electron chi connectivity index (χ4n) is 1.83. The first kappa shape index (κ1) is 14.8. The van der Waals surface area contributed by atoms with Gasteiger partial charge in [-0.25, -0.2) is 8.78 Å². The zero-order valence-electron chi connectivity index (χ0n) is 10.9. The molecule has 0 amide bonds. The molecule has 2 rings (SSSR count). The standard InChI is InChI=1S/C15H14ClF2NO/c1-9(19)11-6-5-10(17)7-15(11)20-8-12-13(16)3-2-4-14(12)18/h2-7,9H,8,19H2,1H3/t9-/m1/s1. The highest BCUT2D eigenvalue weighted by atomic mass is 35.5. The van der Waals surface area contributed by atoms with Crippen LogP contribution in [0.5, 0.6) is 5.75 Å². The molecule has 2 aromatic rings. The van der Waals surface area contributed by atoms with Crippen molar-refractivity contribution in [2.45, 2.75) is 19.6 Å². The van der Waals surface area contributed by atoms with Gasteiger partial charge in [-0.3, -0.25) is 0 Å². The second-order valence-electron chi connectivity index (χ2n) is 4.46. The SMILES string of the molecule is C[C@@H](N)c1ccc(F)cc1OCc1c(F)cccc1Cl. The minimum Gasteiger partial charge on any atom is -0.488 e. The molecule has 1 atom stereocenters. The highest BCUT2D eigenvalue weighted by Gasteiger charge is 2.12. The van der Waals surface area contributed by atoms with Gasteiger partial charge < -0.3 is 10.5 Å². The van der Waals surface area contributed by atoms with E-state index in [0.717, 1.165) is 0 Å². The summed E-state index contributed by atoms with van der Waals surface area (Å²) in [5.41, 5.74) is 6.67. The predicted molar refractivity (Wildman–Crippen MR) is 74.7 cm³/mol. The van der Waals surface area contributed by atoms with Crippen LogP contribution in [-0.2, 0) is 6.61 Å². The van der Waals surface area contributed by atoms with Gasteiger partial charge in [0.15, 0.2) is 0 Å². The van der Waals surface area contributed by atoms with Gasteiger partial charge in [0.1, 0.15) is 24.0 Å². The van der Waals surface area contributed by atoms with E-state index in [1.165, 1.54) is 24.3 Å². The lowest BCUT2D eigenvalue weighted by Crippen LogP contribution is -2.09. The molecule has 0 saturated heterocycles. The van der Waals surface area contributed by atoms with Gasteiger partial charge in [-0.2, -0.15) is 0 Å². The van der Waals surface area contributed by atoms with Crippen LogP contribution in [0.15, 0.2) is 36.4 Å². The van der Waals surface area contributed by atoms with Gasteiger partial charge in [0.25, 0.3) is 0 Å². The topological polar surface area (TPSA) is 35.2 Å². The maximum absolute atomic E-state index is 13.6. The Balaban J connectivity index is 2.25. The van der Waals surface area contributed by atoms with Crippen molar-refractivity contribution in [2.24, 2.45) is 5.73 Å². The maximum Gasteiger partial charge on any atom is 0.131 e. The summed E-state index contributed by atoms with van der Waals surface area (Å²) in [6, 6.07) is 8.15. The molecule has 0 spiro atoms. The predicted octanol–water partition coefficient (Wildman–Crippen LogP) is 4.22. The molecule has 2 nitrogen and oxygen atoms in total. The lowest BCUT2D eigenvalue weighted by Gasteiger charge is -2.15. The summed E-state index contributed by atoms with van der Waals surface area (Å²) in [6.45, 7) is 1.67. The number of hydrogen-bond donors (Lipinski definition) is 1. The Hall–Kier alpha value is -1.65. The molecule has 0 aromatic heterocycles. The van der Waals surface area contributed by atoms with E-state index >= 15 is 0 Å². The van der Waals surface area contributed by atoms with E-state index in [1.807, 2.05) is 0 Å². The number of benzene rings is 2. The van der Waals surface area contributed by atoms with Crippen molar-refractivity contribution in [3.8, 4) is 5.75 Å². The number of nitrogens with two attached hydrogens (primary N) is 1. The smallest absolute Gasteiger partial charge is 0.131 e. The molecule has 2 N–H and O–H groups in total. The van der Waals surface area contributed by atoms with Crippen LogP contribution < -0.4 is 10.5 Å². The molecule has 20 heavy (non-hydrogen) atoms. The first-order chi connectivity index (χ1) is 9.49. The molecule has 2 aromatic carbocycles. The number of ether oxygens (including phenoxy) is 1. The van der Waals surface area contributed by atoms with Crippen LogP contribution >= 0.6 is 11.6 Å². The minimum atomic E-state index is -0.462. The van der Waals surface area contributed by atoms with E-state index in [0.29, 0.717) is 11.3 Å². The van der Waals surface area contributed by atoms with E-state index < -0.39 is 11.6 Å². The van der Waals surface area contributed by atoms with Gasteiger partial charge in [0.2, 0.25) is 0 Å². The lowest BCUT2D eigenvalue weighted by atomic mass is 10.1. The molecule has 0 aliphatic rings. The van der Waals surface area contributed by atoms with Crippen LogP contribution in [-0.4, -0.2) is 0 Å². The average Bonchev–Trinajstić information content (AvgIpc) is 2.37. The van der Waals surface area contributed by atoms with Crippen LogP contribution in [0, 0.1) is 11.6 Å². The van der Waals surface area contributed by atoms with Crippen LogP contribution in [0.4, 0.5) is 8.78 Å². The summed E-state index contributed by atoms with van der Waals surface area (Å²) in [4.78, 5) is 0. The number of halogens is 3. The Morgan fingerprint density at radius 2 is 2.00 bits per heavy atom. The molecule has 5 heteroatoms. The van der Waals surface area contributed by atoms with Crippen molar-refractivity contribution in [3.63, 3.8) is 0 Å². The molecule has 0 saturated carbocycles. The fourth-order valence-corrected chi connectivity index (χ4v) is 2.05. The van der Waals surface area contributed by atoms with Crippen molar-refractivity contribution in [1.29, 1.82) is 0 Å². The summed E-state index contributed by atoms with van der Waals surface area (Å²) in [5.74, 6) is -0.611. The Morgan fingerprint density at radius 1 is 1.25 bits per heavy atom. The summed E-state index contributed by atoms with van der Waals surface area (Å²) in [6.07, 6.45) is 0. The molecule has 0 aliphatic carbocycles. The van der Waals surface area contributed by atoms with E-state index in [4.69, 9.17) is 22.1 Å². The van der Waals surface area contributed by atoms with Crippen molar-refractivity contribution >= 4 is 11.6 Å². The normalized spacial score (nSPS) is 12.2. The van der Waals surface area contributed by atoms with Crippen LogP contribution in [0.3, 0.4) is 0 Å². The Bertz CT molecular complexity index is 597. The number of rotatable bonds is 4. The van der Waals surface area contributed by atoms with Gasteiger partial charge >= 0.3 is 0 Å². The van der Waals surface area contributed by atoms with Crippen molar-refractivity contribution in [1.82, 2.24) is 0 Å². The largest absolute Gasteiger partial charge is 0.488 e. The second-order valence-corrected chi connectivity index (χ2v) is 4.87. The average molecular weight is 298 g/mol. The quantitative estimate of drug-likeness (QED) is 0.917. The van der Waals surface area contributed by atoms with Gasteiger partial charge in [0.05, 0.1) is 5.02 Å². The van der Waals surface area contributed by atoms with Gasteiger partial charge in [-0.1, -0.05) is 23.7 Å².